The molecular formula is C11H13ClO4. The van der Waals surface area contributed by atoms with Crippen molar-refractivity contribution in [3.63, 3.8) is 0 Å². The molecule has 1 aromatic carbocycles. The van der Waals surface area contributed by atoms with Gasteiger partial charge >= 0.3 is 5.97 Å². The number of carbonyl (C=O) groups is 1. The molecule has 0 aliphatic heterocycles. The lowest BCUT2D eigenvalue weighted by atomic mass is 10.1. The van der Waals surface area contributed by atoms with Crippen LogP contribution in [0.4, 0.5) is 0 Å². The maximum absolute atomic E-state index is 11.0. The van der Waals surface area contributed by atoms with E-state index in [9.17, 15) is 9.90 Å². The van der Waals surface area contributed by atoms with Crippen molar-refractivity contribution in [1.29, 1.82) is 0 Å². The summed E-state index contributed by atoms with van der Waals surface area (Å²) in [6, 6.07) is 2.98. The Morgan fingerprint density at radius 3 is 2.62 bits per heavy atom. The molecule has 1 rings (SSSR count). The molecule has 0 saturated heterocycles. The van der Waals surface area contributed by atoms with E-state index in [1.54, 1.807) is 0 Å². The van der Waals surface area contributed by atoms with Crippen LogP contribution in [0.1, 0.15) is 29.8 Å². The first kappa shape index (κ1) is 12.8. The zero-order valence-electron chi connectivity index (χ0n) is 9.03. The zero-order valence-corrected chi connectivity index (χ0v) is 9.78. The van der Waals surface area contributed by atoms with Gasteiger partial charge in [-0.2, -0.15) is 0 Å². The third kappa shape index (κ3) is 2.87. The first-order chi connectivity index (χ1) is 7.43. The highest BCUT2D eigenvalue weighted by atomic mass is 35.5. The fourth-order valence-corrected chi connectivity index (χ4v) is 1.38. The maximum Gasteiger partial charge on any atom is 0.339 e. The number of carboxylic acids is 1. The van der Waals surface area contributed by atoms with Gasteiger partial charge in [-0.25, -0.2) is 4.79 Å². The van der Waals surface area contributed by atoms with Gasteiger partial charge in [0.15, 0.2) is 0 Å². The smallest absolute Gasteiger partial charge is 0.339 e. The third-order valence-corrected chi connectivity index (χ3v) is 2.31. The van der Waals surface area contributed by atoms with E-state index in [0.717, 1.165) is 0 Å². The molecule has 0 heterocycles. The number of rotatable bonds is 4. The highest BCUT2D eigenvalue weighted by molar-refractivity contribution is 6.32. The van der Waals surface area contributed by atoms with E-state index in [1.165, 1.54) is 12.1 Å². The Balaban J connectivity index is 3.08. The lowest BCUT2D eigenvalue weighted by Gasteiger charge is -2.11. The number of aromatic hydroxyl groups is 1. The molecule has 0 spiro atoms. The van der Waals surface area contributed by atoms with Crippen LogP contribution in [0.2, 0.25) is 5.02 Å². The van der Waals surface area contributed by atoms with E-state index < -0.39 is 11.7 Å². The molecule has 0 fully saturated rings. The van der Waals surface area contributed by atoms with Gasteiger partial charge in [0, 0.05) is 0 Å². The molecule has 0 atom stereocenters. The van der Waals surface area contributed by atoms with Crippen molar-refractivity contribution in [2.45, 2.75) is 26.6 Å². The van der Waals surface area contributed by atoms with Crippen LogP contribution in [0.25, 0.3) is 0 Å². The normalized spacial score (nSPS) is 10.8. The van der Waals surface area contributed by atoms with Gasteiger partial charge < -0.3 is 14.9 Å². The van der Waals surface area contributed by atoms with Crippen molar-refractivity contribution >= 4 is 17.6 Å². The minimum Gasteiger partial charge on any atom is -0.505 e. The molecule has 0 saturated carbocycles. The fourth-order valence-electron chi connectivity index (χ4n) is 1.22. The first-order valence-corrected chi connectivity index (χ1v) is 5.16. The third-order valence-electron chi connectivity index (χ3n) is 2.00. The molecule has 1 aromatic rings. The Bertz CT molecular complexity index is 401. The van der Waals surface area contributed by atoms with Crippen LogP contribution in [0.5, 0.6) is 5.75 Å². The molecule has 0 amide bonds. The molecule has 2 N–H and O–H groups in total. The topological polar surface area (TPSA) is 66.8 Å². The van der Waals surface area contributed by atoms with Crippen LogP contribution in [-0.4, -0.2) is 22.3 Å². The van der Waals surface area contributed by atoms with Crippen molar-refractivity contribution in [3.05, 3.63) is 28.3 Å². The van der Waals surface area contributed by atoms with E-state index in [0.29, 0.717) is 5.56 Å². The van der Waals surface area contributed by atoms with Gasteiger partial charge in [-0.05, 0) is 25.5 Å². The predicted octanol–water partition coefficient (Wildman–Crippen LogP) is 2.67. The van der Waals surface area contributed by atoms with Gasteiger partial charge in [-0.3, -0.25) is 0 Å². The average Bonchev–Trinajstić information content (AvgIpc) is 2.19. The summed E-state index contributed by atoms with van der Waals surface area (Å²) in [7, 11) is 0. The molecule has 0 bridgehead atoms. The van der Waals surface area contributed by atoms with Crippen LogP contribution in [0.15, 0.2) is 12.1 Å². The van der Waals surface area contributed by atoms with Crippen LogP contribution >= 0.6 is 11.6 Å². The number of aromatic carboxylic acids is 1. The molecule has 5 heteroatoms. The summed E-state index contributed by atoms with van der Waals surface area (Å²) in [4.78, 5) is 11.0. The van der Waals surface area contributed by atoms with E-state index in [4.69, 9.17) is 21.4 Å². The summed E-state index contributed by atoms with van der Waals surface area (Å²) in [5, 5.41) is 18.5. The van der Waals surface area contributed by atoms with E-state index in [-0.39, 0.29) is 23.3 Å². The summed E-state index contributed by atoms with van der Waals surface area (Å²) in [6.07, 6.45) is -0.0144. The number of phenols is 1. The predicted molar refractivity (Wildman–Crippen MR) is 60.0 cm³/mol. The van der Waals surface area contributed by atoms with Crippen LogP contribution in [-0.2, 0) is 11.3 Å². The van der Waals surface area contributed by atoms with Crippen molar-refractivity contribution < 1.29 is 19.7 Å². The molecule has 16 heavy (non-hydrogen) atoms. The summed E-state index contributed by atoms with van der Waals surface area (Å²) in [5.41, 5.74) is 0.205. The second kappa shape index (κ2) is 5.18. The molecule has 0 unspecified atom stereocenters. The van der Waals surface area contributed by atoms with Gasteiger partial charge in [-0.1, -0.05) is 17.7 Å². The van der Waals surface area contributed by atoms with E-state index >= 15 is 0 Å². The molecular weight excluding hydrogens is 232 g/mol. The summed E-state index contributed by atoms with van der Waals surface area (Å²) < 4.78 is 5.30. The van der Waals surface area contributed by atoms with Crippen molar-refractivity contribution in [2.24, 2.45) is 0 Å². The van der Waals surface area contributed by atoms with Crippen LogP contribution < -0.4 is 0 Å². The van der Waals surface area contributed by atoms with E-state index in [1.807, 2.05) is 13.8 Å². The van der Waals surface area contributed by atoms with Gasteiger partial charge in [0.2, 0.25) is 0 Å². The van der Waals surface area contributed by atoms with Crippen LogP contribution in [0, 0.1) is 0 Å². The molecule has 0 aliphatic carbocycles. The van der Waals surface area contributed by atoms with Gasteiger partial charge in [-0.15, -0.1) is 0 Å². The molecule has 0 radical (unpaired) electrons. The second-order valence-corrected chi connectivity index (χ2v) is 4.00. The minimum atomic E-state index is -1.22. The Morgan fingerprint density at radius 1 is 1.50 bits per heavy atom. The highest BCUT2D eigenvalue weighted by Gasteiger charge is 2.18. The Kier molecular flexibility index (Phi) is 4.15. The highest BCUT2D eigenvalue weighted by Crippen LogP contribution is 2.30. The molecule has 4 nitrogen and oxygen atoms in total. The average molecular weight is 245 g/mol. The molecule has 0 aromatic heterocycles. The van der Waals surface area contributed by atoms with Gasteiger partial charge in [0.25, 0.3) is 0 Å². The second-order valence-electron chi connectivity index (χ2n) is 3.60. The van der Waals surface area contributed by atoms with E-state index in [2.05, 4.69) is 0 Å². The largest absolute Gasteiger partial charge is 0.505 e. The molecule has 0 aliphatic rings. The van der Waals surface area contributed by atoms with Crippen LogP contribution in [0.3, 0.4) is 0 Å². The fraction of sp³-hybridized carbons (Fsp3) is 0.364. The lowest BCUT2D eigenvalue weighted by Crippen LogP contribution is -2.08. The summed E-state index contributed by atoms with van der Waals surface area (Å²) in [6.45, 7) is 3.82. The number of hydrogen-bond donors (Lipinski definition) is 2. The monoisotopic (exact) mass is 244 g/mol. The van der Waals surface area contributed by atoms with Crippen molar-refractivity contribution in [2.75, 3.05) is 0 Å². The standard InChI is InChI=1S/C11H13ClO4/c1-6(2)16-5-7-3-4-8(12)10(13)9(7)11(14)15/h3-4,6,13H,5H2,1-2H3,(H,14,15). The number of carboxylic acid groups (broad SMARTS) is 1. The number of hydrogen-bond acceptors (Lipinski definition) is 3. The van der Waals surface area contributed by atoms with Gasteiger partial charge in [0.1, 0.15) is 11.3 Å². The Labute approximate surface area is 98.4 Å². The van der Waals surface area contributed by atoms with Gasteiger partial charge in [0.05, 0.1) is 17.7 Å². The first-order valence-electron chi connectivity index (χ1n) is 4.78. The number of halogens is 1. The summed E-state index contributed by atoms with van der Waals surface area (Å²) >= 11 is 5.64. The van der Waals surface area contributed by atoms with Crippen molar-refractivity contribution in [1.82, 2.24) is 0 Å². The minimum absolute atomic E-state index is 0.0144. The summed E-state index contributed by atoms with van der Waals surface area (Å²) in [5.74, 6) is -1.64. The quantitative estimate of drug-likeness (QED) is 0.855. The van der Waals surface area contributed by atoms with Crippen molar-refractivity contribution in [3.8, 4) is 5.75 Å². The Morgan fingerprint density at radius 2 is 2.12 bits per heavy atom. The number of benzene rings is 1. The molecule has 88 valence electrons. The maximum atomic E-state index is 11.0. The lowest BCUT2D eigenvalue weighted by molar-refractivity contribution is 0.0603. The SMILES string of the molecule is CC(C)OCc1ccc(Cl)c(O)c1C(=O)O. The number of ether oxygens (including phenoxy) is 1. The zero-order chi connectivity index (χ0) is 12.3. The Hall–Kier alpha value is -1.26.